The molecule has 58 valence electrons. The molecular formula is C8H15NS. The third-order valence-corrected chi connectivity index (χ3v) is 4.33. The molecule has 1 N–H and O–H groups in total. The molecule has 1 heterocycles. The van der Waals surface area contributed by atoms with Crippen molar-refractivity contribution in [1.82, 2.24) is 5.32 Å². The molecule has 1 saturated carbocycles. The van der Waals surface area contributed by atoms with Crippen LogP contribution in [0.5, 0.6) is 0 Å². The van der Waals surface area contributed by atoms with Gasteiger partial charge in [0.2, 0.25) is 0 Å². The van der Waals surface area contributed by atoms with Gasteiger partial charge in [-0.05, 0) is 25.7 Å². The lowest BCUT2D eigenvalue weighted by Crippen LogP contribution is -2.46. The van der Waals surface area contributed by atoms with Gasteiger partial charge < -0.3 is 0 Å². The average molecular weight is 157 g/mol. The number of rotatable bonds is 1. The van der Waals surface area contributed by atoms with Gasteiger partial charge in [0, 0.05) is 11.8 Å². The Bertz CT molecular complexity index is 131. The highest BCUT2D eigenvalue weighted by molar-refractivity contribution is 8.01. The molecule has 0 aromatic heterocycles. The van der Waals surface area contributed by atoms with Gasteiger partial charge >= 0.3 is 0 Å². The molecule has 0 radical (unpaired) electrons. The first-order valence-electron chi connectivity index (χ1n) is 4.26. The van der Waals surface area contributed by atoms with E-state index < -0.39 is 0 Å². The van der Waals surface area contributed by atoms with Crippen LogP contribution in [0.15, 0.2) is 0 Å². The van der Waals surface area contributed by atoms with Crippen molar-refractivity contribution in [3.8, 4) is 0 Å². The fourth-order valence-corrected chi connectivity index (χ4v) is 3.39. The summed E-state index contributed by atoms with van der Waals surface area (Å²) in [6, 6.07) is 0.810. The van der Waals surface area contributed by atoms with Gasteiger partial charge in [-0.3, -0.25) is 5.32 Å². The van der Waals surface area contributed by atoms with E-state index in [2.05, 4.69) is 24.0 Å². The second-order valence-electron chi connectivity index (χ2n) is 3.41. The summed E-state index contributed by atoms with van der Waals surface area (Å²) >= 11 is 2.15. The third-order valence-electron chi connectivity index (χ3n) is 2.68. The Kier molecular flexibility index (Phi) is 1.69. The standard InChI is InChI=1S/C8H15NS/c1-2-7-6-10-8(9-7)4-3-5-8/h7,9H,2-6H2,1H3. The SMILES string of the molecule is CCC1CSC2(CCC2)N1. The molecule has 0 amide bonds. The van der Waals surface area contributed by atoms with Crippen LogP contribution in [0.3, 0.4) is 0 Å². The van der Waals surface area contributed by atoms with E-state index in [-0.39, 0.29) is 0 Å². The highest BCUT2D eigenvalue weighted by Crippen LogP contribution is 2.46. The maximum atomic E-state index is 3.72. The van der Waals surface area contributed by atoms with Crippen molar-refractivity contribution < 1.29 is 0 Å². The molecule has 0 aromatic carbocycles. The zero-order chi connectivity index (χ0) is 7.03. The van der Waals surface area contributed by atoms with E-state index in [4.69, 9.17) is 0 Å². The molecule has 1 unspecified atom stereocenters. The van der Waals surface area contributed by atoms with Crippen LogP contribution in [0.25, 0.3) is 0 Å². The molecule has 0 bridgehead atoms. The number of nitrogens with one attached hydrogen (secondary N) is 1. The molecule has 2 rings (SSSR count). The lowest BCUT2D eigenvalue weighted by atomic mass is 9.91. The van der Waals surface area contributed by atoms with E-state index in [0.29, 0.717) is 4.87 Å². The molecule has 1 aliphatic heterocycles. The Morgan fingerprint density at radius 1 is 1.60 bits per heavy atom. The Morgan fingerprint density at radius 3 is 2.70 bits per heavy atom. The molecule has 2 aliphatic rings. The summed E-state index contributed by atoms with van der Waals surface area (Å²) < 4.78 is 0. The maximum absolute atomic E-state index is 3.72. The van der Waals surface area contributed by atoms with Gasteiger partial charge in [0.15, 0.2) is 0 Å². The van der Waals surface area contributed by atoms with Crippen molar-refractivity contribution in [1.29, 1.82) is 0 Å². The zero-order valence-corrected chi connectivity index (χ0v) is 7.34. The van der Waals surface area contributed by atoms with Crippen molar-refractivity contribution >= 4 is 11.8 Å². The molecule has 1 atom stereocenters. The van der Waals surface area contributed by atoms with Gasteiger partial charge in [0.1, 0.15) is 0 Å². The summed E-state index contributed by atoms with van der Waals surface area (Å²) in [6.45, 7) is 2.27. The van der Waals surface area contributed by atoms with E-state index in [0.717, 1.165) is 6.04 Å². The lowest BCUT2D eigenvalue weighted by molar-refractivity contribution is 0.289. The van der Waals surface area contributed by atoms with Crippen LogP contribution in [0.4, 0.5) is 0 Å². The topological polar surface area (TPSA) is 12.0 Å². The lowest BCUT2D eigenvalue weighted by Gasteiger charge is -2.38. The van der Waals surface area contributed by atoms with Gasteiger partial charge in [-0.25, -0.2) is 0 Å². The second kappa shape index (κ2) is 2.42. The molecule has 10 heavy (non-hydrogen) atoms. The largest absolute Gasteiger partial charge is 0.299 e. The summed E-state index contributed by atoms with van der Waals surface area (Å²) in [4.78, 5) is 0.556. The van der Waals surface area contributed by atoms with Crippen LogP contribution in [0.1, 0.15) is 32.6 Å². The predicted molar refractivity (Wildman–Crippen MR) is 46.3 cm³/mol. The quantitative estimate of drug-likeness (QED) is 0.624. The normalized spacial score (nSPS) is 36.3. The minimum atomic E-state index is 0.556. The molecular weight excluding hydrogens is 142 g/mol. The number of hydrogen-bond donors (Lipinski definition) is 1. The summed E-state index contributed by atoms with van der Waals surface area (Å²) in [5.41, 5.74) is 0. The highest BCUT2D eigenvalue weighted by atomic mass is 32.2. The molecule has 1 saturated heterocycles. The highest BCUT2D eigenvalue weighted by Gasteiger charge is 2.43. The zero-order valence-electron chi connectivity index (χ0n) is 6.52. The van der Waals surface area contributed by atoms with Crippen molar-refractivity contribution in [2.24, 2.45) is 0 Å². The summed E-state index contributed by atoms with van der Waals surface area (Å²) in [7, 11) is 0. The molecule has 2 heteroatoms. The summed E-state index contributed by atoms with van der Waals surface area (Å²) in [5, 5.41) is 3.72. The molecule has 2 fully saturated rings. The van der Waals surface area contributed by atoms with Gasteiger partial charge in [0.25, 0.3) is 0 Å². The average Bonchev–Trinajstić information content (AvgIpc) is 2.29. The number of thioether (sulfide) groups is 1. The van der Waals surface area contributed by atoms with E-state index in [1.54, 1.807) is 0 Å². The van der Waals surface area contributed by atoms with E-state index >= 15 is 0 Å². The molecule has 0 aromatic rings. The van der Waals surface area contributed by atoms with Crippen LogP contribution < -0.4 is 5.32 Å². The van der Waals surface area contributed by atoms with Crippen molar-refractivity contribution in [3.63, 3.8) is 0 Å². The van der Waals surface area contributed by atoms with Gasteiger partial charge in [-0.1, -0.05) is 6.92 Å². The summed E-state index contributed by atoms with van der Waals surface area (Å²) in [5.74, 6) is 1.34. The van der Waals surface area contributed by atoms with E-state index in [1.165, 1.54) is 31.4 Å². The molecule has 1 spiro atoms. The fraction of sp³-hybridized carbons (Fsp3) is 1.00. The first-order chi connectivity index (χ1) is 4.85. The minimum absolute atomic E-state index is 0.556. The second-order valence-corrected chi connectivity index (χ2v) is 4.81. The Hall–Kier alpha value is 0.310. The van der Waals surface area contributed by atoms with Gasteiger partial charge in [-0.2, -0.15) is 0 Å². The van der Waals surface area contributed by atoms with Crippen LogP contribution in [-0.2, 0) is 0 Å². The predicted octanol–water partition coefficient (Wildman–Crippen LogP) is 1.98. The maximum Gasteiger partial charge on any atom is 0.0648 e. The number of hydrogen-bond acceptors (Lipinski definition) is 2. The van der Waals surface area contributed by atoms with E-state index in [9.17, 15) is 0 Å². The van der Waals surface area contributed by atoms with Gasteiger partial charge in [-0.15, -0.1) is 11.8 Å². The third kappa shape index (κ3) is 0.978. The van der Waals surface area contributed by atoms with Crippen molar-refractivity contribution in [3.05, 3.63) is 0 Å². The van der Waals surface area contributed by atoms with Crippen molar-refractivity contribution in [2.75, 3.05) is 5.75 Å². The summed E-state index contributed by atoms with van der Waals surface area (Å²) in [6.07, 6.45) is 5.56. The van der Waals surface area contributed by atoms with Crippen LogP contribution in [0, 0.1) is 0 Å². The molecule has 1 nitrogen and oxygen atoms in total. The Labute approximate surface area is 67.0 Å². The van der Waals surface area contributed by atoms with Gasteiger partial charge in [0.05, 0.1) is 4.87 Å². The molecule has 1 aliphatic carbocycles. The van der Waals surface area contributed by atoms with Crippen molar-refractivity contribution in [2.45, 2.75) is 43.5 Å². The minimum Gasteiger partial charge on any atom is -0.299 e. The van der Waals surface area contributed by atoms with Crippen LogP contribution in [-0.4, -0.2) is 16.7 Å². The monoisotopic (exact) mass is 157 g/mol. The Balaban J connectivity index is 1.92. The van der Waals surface area contributed by atoms with Crippen LogP contribution >= 0.6 is 11.8 Å². The first kappa shape index (κ1) is 6.99. The fourth-order valence-electron chi connectivity index (χ4n) is 1.72. The Morgan fingerprint density at radius 2 is 2.40 bits per heavy atom. The van der Waals surface area contributed by atoms with E-state index in [1.807, 2.05) is 0 Å². The van der Waals surface area contributed by atoms with Crippen LogP contribution in [0.2, 0.25) is 0 Å². The first-order valence-corrected chi connectivity index (χ1v) is 5.25. The smallest absolute Gasteiger partial charge is 0.0648 e.